The molecule has 0 radical (unpaired) electrons. The monoisotopic (exact) mass is 268 g/mol. The van der Waals surface area contributed by atoms with Crippen LogP contribution < -0.4 is 5.32 Å². The van der Waals surface area contributed by atoms with Crippen molar-refractivity contribution in [2.24, 2.45) is 11.8 Å². The van der Waals surface area contributed by atoms with E-state index in [0.717, 1.165) is 31.0 Å². The molecule has 0 aromatic carbocycles. The summed E-state index contributed by atoms with van der Waals surface area (Å²) in [4.78, 5) is 2.72. The third-order valence-corrected chi connectivity index (χ3v) is 4.68. The van der Waals surface area contributed by atoms with Crippen LogP contribution in [-0.2, 0) is 4.74 Å². The van der Waals surface area contributed by atoms with Gasteiger partial charge in [0, 0.05) is 25.7 Å². The van der Waals surface area contributed by atoms with E-state index in [0.29, 0.717) is 6.10 Å². The number of hydrogen-bond donors (Lipinski definition) is 1. The normalized spacial score (nSPS) is 29.7. The van der Waals surface area contributed by atoms with Crippen molar-refractivity contribution in [3.8, 4) is 0 Å². The molecule has 0 spiro atoms. The van der Waals surface area contributed by atoms with Crippen LogP contribution in [0.2, 0.25) is 0 Å². The fourth-order valence-electron chi connectivity index (χ4n) is 3.44. The van der Waals surface area contributed by atoms with Crippen LogP contribution >= 0.6 is 0 Å². The van der Waals surface area contributed by atoms with Gasteiger partial charge in [-0.15, -0.1) is 0 Å². The summed E-state index contributed by atoms with van der Waals surface area (Å²) < 4.78 is 5.74. The van der Waals surface area contributed by atoms with Crippen LogP contribution in [0.5, 0.6) is 0 Å². The van der Waals surface area contributed by atoms with Crippen LogP contribution in [-0.4, -0.2) is 49.8 Å². The molecule has 0 aromatic heterocycles. The molecule has 1 saturated carbocycles. The molecule has 3 nitrogen and oxygen atoms in total. The molecule has 2 aliphatic rings. The molecule has 1 aliphatic heterocycles. The molecule has 1 saturated heterocycles. The Kier molecular flexibility index (Phi) is 6.11. The van der Waals surface area contributed by atoms with Gasteiger partial charge in [-0.2, -0.15) is 0 Å². The minimum atomic E-state index is 0.527. The zero-order chi connectivity index (χ0) is 13.7. The van der Waals surface area contributed by atoms with Gasteiger partial charge in [-0.3, -0.25) is 4.90 Å². The SMILES string of the molecule is CCOC1CCN(C2CCC2CNCC(C)C)CC1. The van der Waals surface area contributed by atoms with E-state index < -0.39 is 0 Å². The molecule has 2 fully saturated rings. The average molecular weight is 268 g/mol. The van der Waals surface area contributed by atoms with Crippen LogP contribution in [0.3, 0.4) is 0 Å². The van der Waals surface area contributed by atoms with Gasteiger partial charge >= 0.3 is 0 Å². The highest BCUT2D eigenvalue weighted by atomic mass is 16.5. The van der Waals surface area contributed by atoms with E-state index in [2.05, 4.69) is 31.0 Å². The highest BCUT2D eigenvalue weighted by Crippen LogP contribution is 2.33. The topological polar surface area (TPSA) is 24.5 Å². The van der Waals surface area contributed by atoms with Crippen LogP contribution in [0.4, 0.5) is 0 Å². The van der Waals surface area contributed by atoms with Crippen LogP contribution in [0.15, 0.2) is 0 Å². The second kappa shape index (κ2) is 7.61. The number of piperidine rings is 1. The van der Waals surface area contributed by atoms with Crippen molar-refractivity contribution < 1.29 is 4.74 Å². The summed E-state index contributed by atoms with van der Waals surface area (Å²) >= 11 is 0. The van der Waals surface area contributed by atoms with Gasteiger partial charge in [-0.05, 0) is 57.5 Å². The fraction of sp³-hybridized carbons (Fsp3) is 1.00. The predicted molar refractivity (Wildman–Crippen MR) is 80.4 cm³/mol. The van der Waals surface area contributed by atoms with Gasteiger partial charge in [0.2, 0.25) is 0 Å². The summed E-state index contributed by atoms with van der Waals surface area (Å²) in [5.41, 5.74) is 0. The van der Waals surface area contributed by atoms with Crippen LogP contribution in [0.25, 0.3) is 0 Å². The van der Waals surface area contributed by atoms with Gasteiger partial charge < -0.3 is 10.1 Å². The van der Waals surface area contributed by atoms with Crippen molar-refractivity contribution in [2.45, 2.75) is 58.6 Å². The van der Waals surface area contributed by atoms with Crippen molar-refractivity contribution in [3.63, 3.8) is 0 Å². The number of nitrogens with one attached hydrogen (secondary N) is 1. The Bertz CT molecular complexity index is 249. The molecule has 1 aliphatic carbocycles. The number of rotatable bonds is 7. The first-order chi connectivity index (χ1) is 9.20. The first-order valence-electron chi connectivity index (χ1n) is 8.27. The zero-order valence-corrected chi connectivity index (χ0v) is 13.0. The number of nitrogens with zero attached hydrogens (tertiary/aromatic N) is 1. The van der Waals surface area contributed by atoms with E-state index in [4.69, 9.17) is 4.74 Å². The Morgan fingerprint density at radius 3 is 2.42 bits per heavy atom. The Morgan fingerprint density at radius 1 is 1.16 bits per heavy atom. The van der Waals surface area contributed by atoms with Gasteiger partial charge in [-0.25, -0.2) is 0 Å². The third kappa shape index (κ3) is 4.44. The smallest absolute Gasteiger partial charge is 0.0599 e. The molecule has 1 N–H and O–H groups in total. The molecule has 2 rings (SSSR count). The maximum absolute atomic E-state index is 5.74. The number of ether oxygens (including phenoxy) is 1. The van der Waals surface area contributed by atoms with Gasteiger partial charge in [0.25, 0.3) is 0 Å². The maximum atomic E-state index is 5.74. The Hall–Kier alpha value is -0.120. The van der Waals surface area contributed by atoms with Crippen molar-refractivity contribution in [1.82, 2.24) is 10.2 Å². The molecule has 19 heavy (non-hydrogen) atoms. The summed E-state index contributed by atoms with van der Waals surface area (Å²) in [5, 5.41) is 3.63. The minimum absolute atomic E-state index is 0.527. The van der Waals surface area contributed by atoms with Crippen molar-refractivity contribution in [3.05, 3.63) is 0 Å². The Balaban J connectivity index is 1.65. The average Bonchev–Trinajstić information content (AvgIpc) is 2.35. The van der Waals surface area contributed by atoms with Crippen molar-refractivity contribution in [2.75, 3.05) is 32.8 Å². The first kappa shape index (κ1) is 15.3. The Labute approximate surface area is 119 Å². The summed E-state index contributed by atoms with van der Waals surface area (Å²) in [6.45, 7) is 12.4. The molecule has 1 heterocycles. The van der Waals surface area contributed by atoms with E-state index in [1.807, 2.05) is 0 Å². The molecule has 0 aromatic rings. The van der Waals surface area contributed by atoms with Crippen molar-refractivity contribution in [1.29, 1.82) is 0 Å². The number of likely N-dealkylation sites (tertiary alicyclic amines) is 1. The van der Waals surface area contributed by atoms with Crippen LogP contribution in [0.1, 0.15) is 46.5 Å². The van der Waals surface area contributed by atoms with Gasteiger partial charge in [0.1, 0.15) is 0 Å². The van der Waals surface area contributed by atoms with Crippen molar-refractivity contribution >= 4 is 0 Å². The standard InChI is InChI=1S/C16H32N2O/c1-4-19-15-7-9-18(10-8-15)16-6-5-14(16)12-17-11-13(2)3/h13-17H,4-12H2,1-3H3. The highest BCUT2D eigenvalue weighted by molar-refractivity contribution is 4.92. The lowest BCUT2D eigenvalue weighted by Crippen LogP contribution is -2.53. The molecule has 112 valence electrons. The first-order valence-corrected chi connectivity index (χ1v) is 8.27. The second-order valence-electron chi connectivity index (χ2n) is 6.65. The lowest BCUT2D eigenvalue weighted by atomic mass is 9.77. The summed E-state index contributed by atoms with van der Waals surface area (Å²) in [6.07, 6.45) is 5.82. The maximum Gasteiger partial charge on any atom is 0.0599 e. The lowest BCUT2D eigenvalue weighted by Gasteiger charge is -2.47. The molecular weight excluding hydrogens is 236 g/mol. The quantitative estimate of drug-likeness (QED) is 0.768. The zero-order valence-electron chi connectivity index (χ0n) is 13.0. The van der Waals surface area contributed by atoms with E-state index in [-0.39, 0.29) is 0 Å². The van der Waals surface area contributed by atoms with E-state index in [1.165, 1.54) is 45.3 Å². The molecular formula is C16H32N2O. The fourth-order valence-corrected chi connectivity index (χ4v) is 3.44. The lowest BCUT2D eigenvalue weighted by molar-refractivity contribution is -0.0224. The molecule has 0 amide bonds. The van der Waals surface area contributed by atoms with Gasteiger partial charge in [0.05, 0.1) is 6.10 Å². The molecule has 2 atom stereocenters. The summed E-state index contributed by atoms with van der Waals surface area (Å²) in [6, 6.07) is 0.849. The minimum Gasteiger partial charge on any atom is -0.378 e. The predicted octanol–water partition coefficient (Wildman–Crippen LogP) is 2.51. The molecule has 3 heteroatoms. The summed E-state index contributed by atoms with van der Waals surface area (Å²) in [5.74, 6) is 1.66. The number of hydrogen-bond acceptors (Lipinski definition) is 3. The largest absolute Gasteiger partial charge is 0.378 e. The second-order valence-corrected chi connectivity index (χ2v) is 6.65. The van der Waals surface area contributed by atoms with Gasteiger partial charge in [0.15, 0.2) is 0 Å². The van der Waals surface area contributed by atoms with Crippen LogP contribution in [0, 0.1) is 11.8 Å². The van der Waals surface area contributed by atoms with E-state index in [9.17, 15) is 0 Å². The molecule has 2 unspecified atom stereocenters. The third-order valence-electron chi connectivity index (χ3n) is 4.68. The molecule has 0 bridgehead atoms. The van der Waals surface area contributed by atoms with E-state index >= 15 is 0 Å². The highest BCUT2D eigenvalue weighted by Gasteiger charge is 2.36. The van der Waals surface area contributed by atoms with E-state index in [1.54, 1.807) is 0 Å². The Morgan fingerprint density at radius 2 is 1.89 bits per heavy atom. The van der Waals surface area contributed by atoms with Gasteiger partial charge in [-0.1, -0.05) is 13.8 Å². The summed E-state index contributed by atoms with van der Waals surface area (Å²) in [7, 11) is 0.